The molecular formula is C6H5FN2O3. The molecule has 0 aliphatic carbocycles. The summed E-state index contributed by atoms with van der Waals surface area (Å²) in [6.45, 7) is 1.20. The van der Waals surface area contributed by atoms with Crippen molar-refractivity contribution < 1.29 is 14.1 Å². The largest absolute Gasteiger partial charge is 0.347 e. The first-order chi connectivity index (χ1) is 5.54. The molecule has 0 saturated heterocycles. The highest BCUT2D eigenvalue weighted by molar-refractivity contribution is 6.01. The van der Waals surface area contributed by atoms with E-state index in [1.807, 2.05) is 0 Å². The Morgan fingerprint density at radius 3 is 2.75 bits per heavy atom. The number of nitro groups is 1. The second-order valence-corrected chi connectivity index (χ2v) is 2.27. The number of dihydropyridines is 1. The van der Waals surface area contributed by atoms with Gasteiger partial charge < -0.3 is 0 Å². The molecule has 0 radical (unpaired) electrons. The van der Waals surface area contributed by atoms with Crippen LogP contribution in [0.1, 0.15) is 6.92 Å². The van der Waals surface area contributed by atoms with E-state index >= 15 is 0 Å². The van der Waals surface area contributed by atoms with E-state index in [9.17, 15) is 19.3 Å². The molecule has 1 aliphatic heterocycles. The molecule has 0 aromatic heterocycles. The molecule has 1 rings (SSSR count). The Morgan fingerprint density at radius 1 is 1.75 bits per heavy atom. The highest BCUT2D eigenvalue weighted by Crippen LogP contribution is 2.16. The van der Waals surface area contributed by atoms with Gasteiger partial charge in [0.15, 0.2) is 6.17 Å². The topological polar surface area (TPSA) is 72.6 Å². The summed E-state index contributed by atoms with van der Waals surface area (Å²) in [6.07, 6.45) is -0.868. The van der Waals surface area contributed by atoms with Crippen LogP contribution < -0.4 is 0 Å². The van der Waals surface area contributed by atoms with Crippen molar-refractivity contribution in [3.63, 3.8) is 0 Å². The monoisotopic (exact) mass is 172 g/mol. The van der Waals surface area contributed by atoms with Crippen LogP contribution >= 0.6 is 0 Å². The van der Waals surface area contributed by atoms with Crippen LogP contribution in [0.3, 0.4) is 0 Å². The number of carbonyl (C=O) groups is 1. The van der Waals surface area contributed by atoms with Crippen molar-refractivity contribution in [2.24, 2.45) is 4.99 Å². The minimum absolute atomic E-state index is 0.194. The van der Waals surface area contributed by atoms with Crippen LogP contribution in [-0.2, 0) is 4.79 Å². The van der Waals surface area contributed by atoms with Gasteiger partial charge in [-0.2, -0.15) is 0 Å². The van der Waals surface area contributed by atoms with Gasteiger partial charge in [0.05, 0.1) is 4.92 Å². The number of allylic oxidation sites excluding steroid dienone is 1. The zero-order chi connectivity index (χ0) is 9.30. The predicted octanol–water partition coefficient (Wildman–Crippen LogP) is 0.486. The maximum Gasteiger partial charge on any atom is 0.347 e. The molecule has 6 heteroatoms. The first kappa shape index (κ1) is 8.51. The lowest BCUT2D eigenvalue weighted by molar-refractivity contribution is -0.420. The fraction of sp³-hybridized carbons (Fsp3) is 0.333. The Labute approximate surface area is 66.7 Å². The van der Waals surface area contributed by atoms with E-state index in [1.165, 1.54) is 6.92 Å². The number of alkyl halides is 1. The summed E-state index contributed by atoms with van der Waals surface area (Å²) in [4.78, 5) is 23.0. The molecule has 1 amide bonds. The van der Waals surface area contributed by atoms with Crippen molar-refractivity contribution in [1.82, 2.24) is 0 Å². The third-order valence-electron chi connectivity index (χ3n) is 1.50. The molecule has 1 atom stereocenters. The van der Waals surface area contributed by atoms with Gasteiger partial charge in [0.25, 0.3) is 0 Å². The average Bonchev–Trinajstić information content (AvgIpc) is 1.97. The van der Waals surface area contributed by atoms with Crippen LogP contribution in [0.5, 0.6) is 0 Å². The lowest BCUT2D eigenvalue weighted by atomic mass is 10.1. The van der Waals surface area contributed by atoms with Gasteiger partial charge in [-0.1, -0.05) is 0 Å². The fourth-order valence-electron chi connectivity index (χ4n) is 0.827. The van der Waals surface area contributed by atoms with Crippen molar-refractivity contribution in [2.75, 3.05) is 0 Å². The van der Waals surface area contributed by atoms with Crippen LogP contribution in [0.25, 0.3) is 0 Å². The quantitative estimate of drug-likeness (QED) is 0.426. The molecular weight excluding hydrogens is 167 g/mol. The molecule has 12 heavy (non-hydrogen) atoms. The second-order valence-electron chi connectivity index (χ2n) is 2.27. The third-order valence-corrected chi connectivity index (χ3v) is 1.50. The highest BCUT2D eigenvalue weighted by atomic mass is 19.1. The van der Waals surface area contributed by atoms with Gasteiger partial charge in [-0.15, -0.1) is 0 Å². The zero-order valence-electron chi connectivity index (χ0n) is 6.15. The Kier molecular flexibility index (Phi) is 1.99. The first-order valence-electron chi connectivity index (χ1n) is 3.11. The molecule has 0 bridgehead atoms. The number of hydrogen-bond donors (Lipinski definition) is 0. The number of carbonyl (C=O) groups excluding carboxylic acids is 1. The SMILES string of the molecule is CC1=C([N+](=O)[O-])C(=O)N=CC1F. The third kappa shape index (κ3) is 1.23. The lowest BCUT2D eigenvalue weighted by Gasteiger charge is -2.06. The fourth-order valence-corrected chi connectivity index (χ4v) is 0.827. The Hall–Kier alpha value is -1.59. The van der Waals surface area contributed by atoms with E-state index in [4.69, 9.17) is 0 Å². The molecule has 64 valence electrons. The number of hydrogen-bond acceptors (Lipinski definition) is 3. The van der Waals surface area contributed by atoms with Gasteiger partial charge >= 0.3 is 11.6 Å². The van der Waals surface area contributed by atoms with Crippen LogP contribution in [0.15, 0.2) is 16.3 Å². The van der Waals surface area contributed by atoms with Crippen LogP contribution in [-0.4, -0.2) is 23.2 Å². The maximum atomic E-state index is 12.7. The molecule has 1 heterocycles. The summed E-state index contributed by atoms with van der Waals surface area (Å²) in [7, 11) is 0. The number of nitrogens with zero attached hydrogens (tertiary/aromatic N) is 2. The van der Waals surface area contributed by atoms with E-state index in [0.717, 1.165) is 6.21 Å². The number of aliphatic imine (C=N–C) groups is 1. The van der Waals surface area contributed by atoms with Crippen LogP contribution in [0.2, 0.25) is 0 Å². The molecule has 0 spiro atoms. The molecule has 0 N–H and O–H groups in total. The Bertz CT molecular complexity index is 308. The molecule has 0 fully saturated rings. The van der Waals surface area contributed by atoms with E-state index in [2.05, 4.69) is 4.99 Å². The summed E-state index contributed by atoms with van der Waals surface area (Å²) in [5, 5.41) is 10.2. The van der Waals surface area contributed by atoms with Crippen LogP contribution in [0, 0.1) is 10.1 Å². The zero-order valence-corrected chi connectivity index (χ0v) is 6.15. The van der Waals surface area contributed by atoms with Gasteiger partial charge in [-0.3, -0.25) is 14.9 Å². The van der Waals surface area contributed by atoms with Gasteiger partial charge in [0, 0.05) is 11.8 Å². The molecule has 0 aromatic carbocycles. The molecule has 0 aromatic rings. The number of amides is 1. The lowest BCUT2D eigenvalue weighted by Crippen LogP contribution is -2.22. The normalized spacial score (nSPS) is 23.2. The van der Waals surface area contributed by atoms with Crippen LogP contribution in [0.4, 0.5) is 4.39 Å². The molecule has 0 saturated carbocycles. The molecule has 1 unspecified atom stereocenters. The molecule has 1 aliphatic rings. The van der Waals surface area contributed by atoms with Crippen molar-refractivity contribution in [3.8, 4) is 0 Å². The Morgan fingerprint density at radius 2 is 2.33 bits per heavy atom. The van der Waals surface area contributed by atoms with Crippen molar-refractivity contribution in [1.29, 1.82) is 0 Å². The second kappa shape index (κ2) is 2.80. The van der Waals surface area contributed by atoms with Gasteiger partial charge in [0.1, 0.15) is 0 Å². The summed E-state index contributed by atoms with van der Waals surface area (Å²) in [5.74, 6) is -0.994. The maximum absolute atomic E-state index is 12.7. The van der Waals surface area contributed by atoms with Crippen molar-refractivity contribution in [3.05, 3.63) is 21.4 Å². The van der Waals surface area contributed by atoms with E-state index in [0.29, 0.717) is 0 Å². The van der Waals surface area contributed by atoms with E-state index in [-0.39, 0.29) is 5.57 Å². The average molecular weight is 172 g/mol. The summed E-state index contributed by atoms with van der Waals surface area (Å²) < 4.78 is 12.7. The van der Waals surface area contributed by atoms with Gasteiger partial charge in [-0.25, -0.2) is 9.38 Å². The smallest absolute Gasteiger partial charge is 0.260 e. The van der Waals surface area contributed by atoms with E-state index < -0.39 is 22.7 Å². The summed E-state index contributed by atoms with van der Waals surface area (Å²) >= 11 is 0. The minimum Gasteiger partial charge on any atom is -0.260 e. The highest BCUT2D eigenvalue weighted by Gasteiger charge is 2.31. The number of halogens is 1. The standard InChI is InChI=1S/C6H5FN2O3/c1-3-4(7)2-8-6(10)5(3)9(11)12/h2,4H,1H3. The predicted molar refractivity (Wildman–Crippen MR) is 38.1 cm³/mol. The van der Waals surface area contributed by atoms with Gasteiger partial charge in [0.2, 0.25) is 0 Å². The van der Waals surface area contributed by atoms with Gasteiger partial charge in [-0.05, 0) is 6.92 Å². The first-order valence-corrected chi connectivity index (χ1v) is 3.11. The minimum atomic E-state index is -1.62. The van der Waals surface area contributed by atoms with Crippen molar-refractivity contribution in [2.45, 2.75) is 13.1 Å². The summed E-state index contributed by atoms with van der Waals surface area (Å²) in [5.41, 5.74) is -0.954. The molecule has 5 nitrogen and oxygen atoms in total. The number of rotatable bonds is 1. The summed E-state index contributed by atoms with van der Waals surface area (Å²) in [6, 6.07) is 0. The van der Waals surface area contributed by atoms with Crippen molar-refractivity contribution >= 4 is 12.1 Å². The Balaban J connectivity index is 3.15. The van der Waals surface area contributed by atoms with E-state index in [1.54, 1.807) is 0 Å².